The van der Waals surface area contributed by atoms with E-state index in [1.807, 2.05) is 17.5 Å². The van der Waals surface area contributed by atoms with Gasteiger partial charge in [-0.3, -0.25) is 4.79 Å². The summed E-state index contributed by atoms with van der Waals surface area (Å²) in [6, 6.07) is 4.62. The zero-order valence-corrected chi connectivity index (χ0v) is 18.6. The first-order valence-electron chi connectivity index (χ1n) is 10.7. The molecule has 5 rings (SSSR count). The Labute approximate surface area is 185 Å². The van der Waals surface area contributed by atoms with E-state index >= 15 is 0 Å². The van der Waals surface area contributed by atoms with Crippen molar-refractivity contribution in [2.24, 2.45) is 23.2 Å². The normalized spacial score (nSPS) is 26.7. The van der Waals surface area contributed by atoms with Crippen LogP contribution in [0.2, 0.25) is 0 Å². The van der Waals surface area contributed by atoms with Crippen molar-refractivity contribution in [1.82, 2.24) is 5.32 Å². The number of nitrogens with one attached hydrogen (secondary N) is 1. The lowest BCUT2D eigenvalue weighted by atomic mass is 9.44. The molecule has 3 aliphatic carbocycles. The van der Waals surface area contributed by atoms with Crippen molar-refractivity contribution in [3.8, 4) is 0 Å². The second-order valence-corrected chi connectivity index (χ2v) is 10.2. The van der Waals surface area contributed by atoms with Gasteiger partial charge in [0.25, 0.3) is 5.91 Å². The maximum absolute atomic E-state index is 13.7. The number of carboxylic acid groups (broad SMARTS) is 1. The fraction of sp³-hybridized carbons (Fsp3) is 0.500. The highest BCUT2D eigenvalue weighted by molar-refractivity contribution is 7.17. The molecule has 3 saturated carbocycles. The molecule has 5 nitrogen and oxygen atoms in total. The number of hydrogen-bond acceptors (Lipinski definition) is 4. The summed E-state index contributed by atoms with van der Waals surface area (Å²) in [6.07, 6.45) is 6.86. The number of thiophene rings is 1. The summed E-state index contributed by atoms with van der Waals surface area (Å²) in [6.45, 7) is 4.53. The molecule has 0 aliphatic heterocycles. The van der Waals surface area contributed by atoms with E-state index in [9.17, 15) is 14.0 Å². The first kappa shape index (κ1) is 22.0. The van der Waals surface area contributed by atoms with Gasteiger partial charge in [0, 0.05) is 21.5 Å². The van der Waals surface area contributed by atoms with E-state index in [2.05, 4.69) is 19.2 Å². The number of carboxylic acids is 1. The standard InChI is InChI=1S/C24H28FNO4S/c1-24(2)15-9-14(5-3-4-8-30-12-21(27)28)22(19(24)10-15)26-23(29)18-13-31-20-7-6-16(25)11-17(18)20/h3-4,6-7,11,13-15,19,22H,5,8-10,12H2,1-2H3,(H,26,29)(H,27,28)/b4-3-/t14-,15-,19-,22+/m0/s1. The van der Waals surface area contributed by atoms with Crippen molar-refractivity contribution >= 4 is 33.3 Å². The number of amides is 1. The van der Waals surface area contributed by atoms with Crippen LogP contribution >= 0.6 is 11.3 Å². The third-order valence-electron chi connectivity index (χ3n) is 7.20. The molecule has 166 valence electrons. The summed E-state index contributed by atoms with van der Waals surface area (Å²) in [5.74, 6) is -0.0675. The summed E-state index contributed by atoms with van der Waals surface area (Å²) in [4.78, 5) is 23.7. The third-order valence-corrected chi connectivity index (χ3v) is 8.16. The summed E-state index contributed by atoms with van der Waals surface area (Å²) in [5, 5.41) is 14.4. The Morgan fingerprint density at radius 1 is 1.32 bits per heavy atom. The number of fused-ring (bicyclic) bond motifs is 3. The fourth-order valence-corrected chi connectivity index (χ4v) is 6.25. The summed E-state index contributed by atoms with van der Waals surface area (Å²) in [7, 11) is 0. The summed E-state index contributed by atoms with van der Waals surface area (Å²) >= 11 is 1.45. The average Bonchev–Trinajstić information content (AvgIpc) is 3.13. The molecule has 2 aromatic rings. The Morgan fingerprint density at radius 3 is 2.87 bits per heavy atom. The number of hydrogen-bond donors (Lipinski definition) is 2. The van der Waals surface area contributed by atoms with E-state index in [4.69, 9.17) is 9.84 Å². The lowest BCUT2D eigenvalue weighted by molar-refractivity contribution is -0.141. The molecule has 3 aliphatic rings. The molecule has 3 fully saturated rings. The quantitative estimate of drug-likeness (QED) is 0.449. The molecule has 31 heavy (non-hydrogen) atoms. The van der Waals surface area contributed by atoms with E-state index in [0.717, 1.165) is 24.0 Å². The van der Waals surface area contributed by atoms with Crippen LogP contribution in [0.4, 0.5) is 4.39 Å². The van der Waals surface area contributed by atoms with Crippen LogP contribution in [0.5, 0.6) is 0 Å². The number of rotatable bonds is 8. The van der Waals surface area contributed by atoms with Gasteiger partial charge in [-0.05, 0) is 60.6 Å². The second-order valence-electron chi connectivity index (χ2n) is 9.26. The van der Waals surface area contributed by atoms with Gasteiger partial charge in [0.2, 0.25) is 0 Å². The van der Waals surface area contributed by atoms with Gasteiger partial charge in [0.05, 0.1) is 12.2 Å². The van der Waals surface area contributed by atoms with Crippen LogP contribution in [0.3, 0.4) is 0 Å². The van der Waals surface area contributed by atoms with Gasteiger partial charge in [-0.2, -0.15) is 0 Å². The molecule has 0 saturated heterocycles. The zero-order valence-electron chi connectivity index (χ0n) is 17.8. The van der Waals surface area contributed by atoms with Crippen molar-refractivity contribution in [2.45, 2.75) is 39.2 Å². The third kappa shape index (κ3) is 4.39. The molecule has 1 amide bonds. The smallest absolute Gasteiger partial charge is 0.329 e. The maximum Gasteiger partial charge on any atom is 0.329 e. The van der Waals surface area contributed by atoms with Gasteiger partial charge in [0.1, 0.15) is 12.4 Å². The van der Waals surface area contributed by atoms with Crippen LogP contribution in [0.15, 0.2) is 35.7 Å². The van der Waals surface area contributed by atoms with E-state index in [-0.39, 0.29) is 36.4 Å². The van der Waals surface area contributed by atoms with Crippen LogP contribution in [0.25, 0.3) is 10.1 Å². The lowest BCUT2D eigenvalue weighted by Gasteiger charge is -2.62. The number of benzene rings is 1. The minimum absolute atomic E-state index is 0.0561. The molecule has 2 bridgehead atoms. The first-order valence-corrected chi connectivity index (χ1v) is 11.6. The molecule has 0 spiro atoms. The van der Waals surface area contributed by atoms with Crippen LogP contribution in [-0.4, -0.2) is 36.2 Å². The Kier molecular flexibility index (Phi) is 6.17. The summed E-state index contributed by atoms with van der Waals surface area (Å²) < 4.78 is 19.7. The topological polar surface area (TPSA) is 75.6 Å². The van der Waals surface area contributed by atoms with Crippen LogP contribution in [-0.2, 0) is 9.53 Å². The molecule has 1 aromatic carbocycles. The summed E-state index contributed by atoms with van der Waals surface area (Å²) in [5.41, 5.74) is 0.737. The van der Waals surface area contributed by atoms with Crippen molar-refractivity contribution in [3.05, 3.63) is 47.1 Å². The molecular weight excluding hydrogens is 417 g/mol. The molecule has 0 radical (unpaired) electrons. The van der Waals surface area contributed by atoms with Crippen LogP contribution < -0.4 is 5.32 Å². The van der Waals surface area contributed by atoms with Crippen molar-refractivity contribution < 1.29 is 23.8 Å². The predicted octanol–water partition coefficient (Wildman–Crippen LogP) is 4.87. The number of carbonyl (C=O) groups excluding carboxylic acids is 1. The number of ether oxygens (including phenoxy) is 1. The predicted molar refractivity (Wildman–Crippen MR) is 119 cm³/mol. The molecular formula is C24H28FNO4S. The fourth-order valence-electron chi connectivity index (χ4n) is 5.33. The number of carbonyl (C=O) groups is 2. The number of halogens is 1. The SMILES string of the molecule is CC1(C)[C@H]2C[C@H](C/C=C\COCC(=O)O)[C@@H](NC(=O)c3csc4ccc(F)cc34)[C@@H]1C2. The highest BCUT2D eigenvalue weighted by Gasteiger charge is 2.57. The average molecular weight is 446 g/mol. The molecule has 1 aromatic heterocycles. The van der Waals surface area contributed by atoms with E-state index in [1.54, 1.807) is 6.07 Å². The lowest BCUT2D eigenvalue weighted by Crippen LogP contribution is -2.63. The molecule has 1 heterocycles. The van der Waals surface area contributed by atoms with Crippen LogP contribution in [0.1, 0.15) is 43.5 Å². The van der Waals surface area contributed by atoms with E-state index < -0.39 is 5.97 Å². The molecule has 2 N–H and O–H groups in total. The minimum Gasteiger partial charge on any atom is -0.480 e. The van der Waals surface area contributed by atoms with Gasteiger partial charge in [-0.25, -0.2) is 9.18 Å². The Balaban J connectivity index is 1.46. The second kappa shape index (κ2) is 8.71. The first-order chi connectivity index (χ1) is 14.8. The van der Waals surface area contributed by atoms with Crippen molar-refractivity contribution in [3.63, 3.8) is 0 Å². The number of allylic oxidation sites excluding steroid dienone is 1. The van der Waals surface area contributed by atoms with Crippen molar-refractivity contribution in [1.29, 1.82) is 0 Å². The monoisotopic (exact) mass is 445 g/mol. The van der Waals surface area contributed by atoms with Gasteiger partial charge in [0.15, 0.2) is 0 Å². The van der Waals surface area contributed by atoms with Crippen LogP contribution in [0, 0.1) is 29.0 Å². The zero-order chi connectivity index (χ0) is 22.2. The van der Waals surface area contributed by atoms with Gasteiger partial charge >= 0.3 is 5.97 Å². The van der Waals surface area contributed by atoms with Gasteiger partial charge < -0.3 is 15.2 Å². The van der Waals surface area contributed by atoms with E-state index in [1.165, 1.54) is 23.5 Å². The Hall–Kier alpha value is -2.25. The molecule has 0 unspecified atom stereocenters. The highest BCUT2D eigenvalue weighted by atomic mass is 32.1. The Bertz CT molecular complexity index is 1010. The largest absolute Gasteiger partial charge is 0.480 e. The minimum atomic E-state index is -0.980. The van der Waals surface area contributed by atoms with E-state index in [0.29, 0.717) is 28.7 Å². The van der Waals surface area contributed by atoms with Gasteiger partial charge in [-0.15, -0.1) is 11.3 Å². The highest BCUT2D eigenvalue weighted by Crippen LogP contribution is 2.61. The Morgan fingerprint density at radius 2 is 2.13 bits per heavy atom. The molecule has 7 heteroatoms. The molecule has 4 atom stereocenters. The van der Waals surface area contributed by atoms with Crippen molar-refractivity contribution in [2.75, 3.05) is 13.2 Å². The maximum atomic E-state index is 13.7. The van der Waals surface area contributed by atoms with Gasteiger partial charge in [-0.1, -0.05) is 26.0 Å². The number of aliphatic carboxylic acids is 1.